The van der Waals surface area contributed by atoms with Crippen LogP contribution in [0.5, 0.6) is 17.2 Å². The number of aromatic hydroxyl groups is 2. The van der Waals surface area contributed by atoms with Crippen LogP contribution in [0.4, 0.5) is 0 Å². The number of ether oxygens (including phenoxy) is 1. The van der Waals surface area contributed by atoms with Crippen molar-refractivity contribution in [2.45, 2.75) is 0 Å². The van der Waals surface area contributed by atoms with Gasteiger partial charge in [-0.25, -0.2) is 0 Å². The van der Waals surface area contributed by atoms with E-state index in [-0.39, 0.29) is 23.2 Å². The van der Waals surface area contributed by atoms with Gasteiger partial charge in [-0.15, -0.1) is 0 Å². The summed E-state index contributed by atoms with van der Waals surface area (Å²) in [5, 5.41) is 19.6. The molecule has 5 nitrogen and oxygen atoms in total. The molecule has 0 aromatic heterocycles. The van der Waals surface area contributed by atoms with E-state index in [0.29, 0.717) is 0 Å². The maximum atomic E-state index is 12.3. The van der Waals surface area contributed by atoms with Crippen molar-refractivity contribution in [1.82, 2.24) is 0 Å². The van der Waals surface area contributed by atoms with E-state index in [9.17, 15) is 19.8 Å². The molecule has 0 heterocycles. The van der Waals surface area contributed by atoms with Gasteiger partial charge < -0.3 is 14.9 Å². The molecule has 0 saturated heterocycles. The molecular weight excluding hydrogens is 284 g/mol. The van der Waals surface area contributed by atoms with E-state index in [1.54, 1.807) is 6.08 Å². The average Bonchev–Trinajstić information content (AvgIpc) is 2.53. The van der Waals surface area contributed by atoms with E-state index in [4.69, 9.17) is 4.74 Å². The number of phenolic OH excluding ortho intramolecular Hbond substituents is 2. The zero-order valence-electron chi connectivity index (χ0n) is 11.8. The molecule has 22 heavy (non-hydrogen) atoms. The van der Waals surface area contributed by atoms with Gasteiger partial charge in [-0.3, -0.25) is 9.59 Å². The Labute approximate surface area is 127 Å². The number of phenols is 2. The van der Waals surface area contributed by atoms with Crippen LogP contribution < -0.4 is 4.74 Å². The molecule has 2 aromatic rings. The highest BCUT2D eigenvalue weighted by molar-refractivity contribution is 6.12. The fraction of sp³-hybridized carbons (Fsp3) is 0.0588. The van der Waals surface area contributed by atoms with Crippen molar-refractivity contribution in [3.63, 3.8) is 0 Å². The molecule has 0 amide bonds. The van der Waals surface area contributed by atoms with Gasteiger partial charge in [-0.1, -0.05) is 36.4 Å². The van der Waals surface area contributed by atoms with Crippen LogP contribution in [0.25, 0.3) is 6.08 Å². The Bertz CT molecular complexity index is 732. The van der Waals surface area contributed by atoms with Gasteiger partial charge in [-0.05, 0) is 11.6 Å². The summed E-state index contributed by atoms with van der Waals surface area (Å²) in [5.41, 5.74) is 0.288. The molecular formula is C17H14O5. The third-order valence-electron chi connectivity index (χ3n) is 3.09. The first kappa shape index (κ1) is 15.3. The first-order chi connectivity index (χ1) is 10.6. The lowest BCUT2D eigenvalue weighted by Gasteiger charge is -2.11. The van der Waals surface area contributed by atoms with Gasteiger partial charge in [0.1, 0.15) is 22.8 Å². The van der Waals surface area contributed by atoms with Crippen molar-refractivity contribution in [3.8, 4) is 17.2 Å². The van der Waals surface area contributed by atoms with Crippen molar-refractivity contribution in [3.05, 3.63) is 59.2 Å². The summed E-state index contributed by atoms with van der Waals surface area (Å²) in [6, 6.07) is 10.3. The molecule has 0 saturated carbocycles. The number of hydrogen-bond acceptors (Lipinski definition) is 5. The highest BCUT2D eigenvalue weighted by Crippen LogP contribution is 2.37. The van der Waals surface area contributed by atoms with Crippen molar-refractivity contribution >= 4 is 18.1 Å². The summed E-state index contributed by atoms with van der Waals surface area (Å²) in [6.45, 7) is 0. The molecule has 0 bridgehead atoms. The number of allylic oxidation sites excluding steroid dienone is 1. The standard InChI is InChI=1S/C17H14O5/c1-22-15-9-14(20)12(10-18)17(21)16(15)13(19)8-7-11-5-3-2-4-6-11/h2-10,20-21H,1H3. The number of ketones is 1. The molecule has 0 atom stereocenters. The number of rotatable bonds is 5. The molecule has 0 radical (unpaired) electrons. The van der Waals surface area contributed by atoms with E-state index in [0.717, 1.165) is 11.6 Å². The predicted molar refractivity (Wildman–Crippen MR) is 81.5 cm³/mol. The maximum Gasteiger partial charge on any atom is 0.193 e. The number of carbonyl (C=O) groups is 2. The summed E-state index contributed by atoms with van der Waals surface area (Å²) < 4.78 is 4.99. The van der Waals surface area contributed by atoms with Crippen LogP contribution >= 0.6 is 0 Å². The predicted octanol–water partition coefficient (Wildman–Crippen LogP) is 2.82. The molecule has 0 unspecified atom stereocenters. The molecule has 0 aliphatic rings. The molecule has 0 aliphatic carbocycles. The Morgan fingerprint density at radius 3 is 2.45 bits per heavy atom. The summed E-state index contributed by atoms with van der Waals surface area (Å²) in [7, 11) is 1.30. The molecule has 5 heteroatoms. The van der Waals surface area contributed by atoms with Crippen LogP contribution in [0.2, 0.25) is 0 Å². The molecule has 0 fully saturated rings. The molecule has 112 valence electrons. The van der Waals surface area contributed by atoms with Crippen molar-refractivity contribution < 1.29 is 24.5 Å². The number of methoxy groups -OCH3 is 1. The minimum absolute atomic E-state index is 0.0108. The Kier molecular flexibility index (Phi) is 4.58. The molecule has 2 aromatic carbocycles. The smallest absolute Gasteiger partial charge is 0.193 e. The van der Waals surface area contributed by atoms with Gasteiger partial charge >= 0.3 is 0 Å². The summed E-state index contributed by atoms with van der Waals surface area (Å²) in [5.74, 6) is -1.60. The van der Waals surface area contributed by atoms with Gasteiger partial charge in [-0.2, -0.15) is 0 Å². The summed E-state index contributed by atoms with van der Waals surface area (Å²) >= 11 is 0. The van der Waals surface area contributed by atoms with Gasteiger partial charge in [0.05, 0.1) is 12.7 Å². The molecule has 2 rings (SSSR count). The highest BCUT2D eigenvalue weighted by Gasteiger charge is 2.21. The normalized spacial score (nSPS) is 10.6. The Hall–Kier alpha value is -3.08. The zero-order chi connectivity index (χ0) is 16.1. The maximum absolute atomic E-state index is 12.3. The Morgan fingerprint density at radius 2 is 1.86 bits per heavy atom. The fourth-order valence-electron chi connectivity index (χ4n) is 1.98. The van der Waals surface area contributed by atoms with E-state index < -0.39 is 17.3 Å². The molecule has 0 aliphatic heterocycles. The van der Waals surface area contributed by atoms with E-state index in [2.05, 4.69) is 0 Å². The second-order valence-electron chi connectivity index (χ2n) is 4.46. The average molecular weight is 298 g/mol. The quantitative estimate of drug-likeness (QED) is 0.504. The largest absolute Gasteiger partial charge is 0.507 e. The molecule has 2 N–H and O–H groups in total. The van der Waals surface area contributed by atoms with Crippen molar-refractivity contribution in [2.24, 2.45) is 0 Å². The third-order valence-corrected chi connectivity index (χ3v) is 3.09. The van der Waals surface area contributed by atoms with Crippen LogP contribution in [-0.4, -0.2) is 29.4 Å². The second-order valence-corrected chi connectivity index (χ2v) is 4.46. The van der Waals surface area contributed by atoms with Gasteiger partial charge in [0, 0.05) is 6.07 Å². The van der Waals surface area contributed by atoms with Crippen molar-refractivity contribution in [1.29, 1.82) is 0 Å². The van der Waals surface area contributed by atoms with Crippen LogP contribution in [0.15, 0.2) is 42.5 Å². The van der Waals surface area contributed by atoms with Gasteiger partial charge in [0.15, 0.2) is 12.1 Å². The lowest BCUT2D eigenvalue weighted by Crippen LogP contribution is -2.02. The van der Waals surface area contributed by atoms with Gasteiger partial charge in [0.25, 0.3) is 0 Å². The monoisotopic (exact) mass is 298 g/mol. The number of benzene rings is 2. The number of hydrogen-bond donors (Lipinski definition) is 2. The van der Waals surface area contributed by atoms with Crippen LogP contribution in [-0.2, 0) is 0 Å². The van der Waals surface area contributed by atoms with Gasteiger partial charge in [0.2, 0.25) is 0 Å². The highest BCUT2D eigenvalue weighted by atomic mass is 16.5. The minimum atomic E-state index is -0.602. The fourth-order valence-corrected chi connectivity index (χ4v) is 1.98. The van der Waals surface area contributed by atoms with Crippen LogP contribution in [0.1, 0.15) is 26.3 Å². The van der Waals surface area contributed by atoms with Crippen LogP contribution in [0.3, 0.4) is 0 Å². The number of aldehydes is 1. The zero-order valence-corrected chi connectivity index (χ0v) is 11.8. The van der Waals surface area contributed by atoms with E-state index in [1.807, 2.05) is 30.3 Å². The number of carbonyl (C=O) groups excluding carboxylic acids is 2. The Morgan fingerprint density at radius 1 is 1.18 bits per heavy atom. The van der Waals surface area contributed by atoms with E-state index in [1.165, 1.54) is 13.2 Å². The summed E-state index contributed by atoms with van der Waals surface area (Å²) in [4.78, 5) is 23.2. The third kappa shape index (κ3) is 2.98. The SMILES string of the molecule is COc1cc(O)c(C=O)c(O)c1C(=O)C=Cc1ccccc1. The first-order valence-corrected chi connectivity index (χ1v) is 6.44. The summed E-state index contributed by atoms with van der Waals surface area (Å²) in [6.07, 6.45) is 3.12. The van der Waals surface area contributed by atoms with E-state index >= 15 is 0 Å². The minimum Gasteiger partial charge on any atom is -0.507 e. The second kappa shape index (κ2) is 6.58. The molecule has 0 spiro atoms. The lowest BCUT2D eigenvalue weighted by molar-refractivity contribution is 0.104. The first-order valence-electron chi connectivity index (χ1n) is 6.44. The Balaban J connectivity index is 2.45. The topological polar surface area (TPSA) is 83.8 Å². The lowest BCUT2D eigenvalue weighted by atomic mass is 10.0. The van der Waals surface area contributed by atoms with Crippen molar-refractivity contribution in [2.75, 3.05) is 7.11 Å². The van der Waals surface area contributed by atoms with Crippen LogP contribution in [0, 0.1) is 0 Å².